The third-order valence-electron chi connectivity index (χ3n) is 6.94. The van der Waals surface area contributed by atoms with Crippen molar-refractivity contribution in [2.45, 2.75) is 27.7 Å². The molecule has 0 aliphatic carbocycles. The summed E-state index contributed by atoms with van der Waals surface area (Å²) in [5.74, 6) is 2.53. The molecule has 9 heteroatoms. The fourth-order valence-electron chi connectivity index (χ4n) is 4.16. The summed E-state index contributed by atoms with van der Waals surface area (Å²) in [5, 5.41) is 0. The molecule has 0 heterocycles. The van der Waals surface area contributed by atoms with Gasteiger partial charge in [0.25, 0.3) is 0 Å². The first-order valence-electron chi connectivity index (χ1n) is 15.3. The zero-order valence-electron chi connectivity index (χ0n) is 28.5. The molecule has 4 rings (SSSR count). The average molecular weight is 685 g/mol. The molecule has 0 bridgehead atoms. The van der Waals surface area contributed by atoms with Crippen LogP contribution in [-0.2, 0) is 19.2 Å². The summed E-state index contributed by atoms with van der Waals surface area (Å²) in [4.78, 5) is 48.7. The smallest absolute Gasteiger partial charge is 0.338 e. The van der Waals surface area contributed by atoms with E-state index in [0.717, 1.165) is 5.56 Å². The fourth-order valence-corrected chi connectivity index (χ4v) is 4.16. The number of rotatable bonds is 10. The van der Waals surface area contributed by atoms with Crippen LogP contribution in [0.15, 0.2) is 127 Å². The summed E-state index contributed by atoms with van der Waals surface area (Å²) in [7, 11) is 0. The van der Waals surface area contributed by atoms with Crippen LogP contribution in [0.4, 0.5) is 4.39 Å². The molecular formula is C42H33FO8. The average Bonchev–Trinajstić information content (AvgIpc) is 3.08. The number of ether oxygens (including phenoxy) is 4. The van der Waals surface area contributed by atoms with Gasteiger partial charge < -0.3 is 18.9 Å². The molecule has 4 aromatic rings. The molecule has 0 spiro atoms. The Bertz CT molecular complexity index is 2200. The minimum absolute atomic E-state index is 0.00247. The van der Waals surface area contributed by atoms with Crippen molar-refractivity contribution < 1.29 is 42.5 Å². The summed E-state index contributed by atoms with van der Waals surface area (Å²) in [6.45, 7) is 20.2. The first-order chi connectivity index (χ1) is 24.1. The second-order valence-corrected chi connectivity index (χ2v) is 11.5. The van der Waals surface area contributed by atoms with E-state index in [0.29, 0.717) is 27.8 Å². The van der Waals surface area contributed by atoms with Crippen molar-refractivity contribution in [1.82, 2.24) is 0 Å². The third-order valence-corrected chi connectivity index (χ3v) is 6.94. The lowest BCUT2D eigenvalue weighted by atomic mass is 9.99. The van der Waals surface area contributed by atoms with Gasteiger partial charge in [0, 0.05) is 45.0 Å². The molecule has 0 radical (unpaired) electrons. The molecule has 51 heavy (non-hydrogen) atoms. The predicted octanol–water partition coefficient (Wildman–Crippen LogP) is 8.49. The number of carbonyl (C=O) groups excluding carboxylic acids is 4. The van der Waals surface area contributed by atoms with Gasteiger partial charge in [0.15, 0.2) is 23.0 Å². The van der Waals surface area contributed by atoms with Gasteiger partial charge in [-0.25, -0.2) is 23.6 Å². The van der Waals surface area contributed by atoms with Crippen molar-refractivity contribution in [3.05, 3.63) is 144 Å². The monoisotopic (exact) mass is 684 g/mol. The van der Waals surface area contributed by atoms with Gasteiger partial charge in [0.2, 0.25) is 0 Å². The normalized spacial score (nSPS) is 10.1. The van der Waals surface area contributed by atoms with E-state index in [9.17, 15) is 19.2 Å². The number of hydrogen-bond acceptors (Lipinski definition) is 8. The highest BCUT2D eigenvalue weighted by atomic mass is 19.1. The molecule has 0 saturated heterocycles. The quantitative estimate of drug-likeness (QED) is 0.0709. The molecule has 0 saturated carbocycles. The van der Waals surface area contributed by atoms with Gasteiger partial charge >= 0.3 is 23.9 Å². The standard InChI is InChI=1S/C42H33FO8/c1-24(2)39(44)48-35-19-12-29(22-37(35)50-41(46)26(5)6)10-9-28-11-18-33(34(43)21-28)31-15-13-30(14-16-31)32-17-20-36(49-40(45)25(3)4)38(23-32)51-42(47)27(7)8/h11-23H,1,3,5,7H2,2,4,6,8H3. The molecule has 256 valence electrons. The number of benzene rings is 4. The van der Waals surface area contributed by atoms with Crippen LogP contribution in [0.25, 0.3) is 22.3 Å². The zero-order valence-corrected chi connectivity index (χ0v) is 28.5. The summed E-state index contributed by atoms with van der Waals surface area (Å²) < 4.78 is 36.7. The molecular weight excluding hydrogens is 651 g/mol. The van der Waals surface area contributed by atoms with Crippen molar-refractivity contribution in [1.29, 1.82) is 0 Å². The predicted molar refractivity (Wildman–Crippen MR) is 191 cm³/mol. The molecule has 0 N–H and O–H groups in total. The van der Waals surface area contributed by atoms with Crippen LogP contribution in [0.5, 0.6) is 23.0 Å². The van der Waals surface area contributed by atoms with Gasteiger partial charge in [0.05, 0.1) is 0 Å². The van der Waals surface area contributed by atoms with E-state index < -0.39 is 29.7 Å². The molecule has 0 aromatic heterocycles. The Morgan fingerprint density at radius 2 is 0.843 bits per heavy atom. The highest BCUT2D eigenvalue weighted by Gasteiger charge is 2.18. The minimum atomic E-state index is -0.716. The van der Waals surface area contributed by atoms with Crippen molar-refractivity contribution in [3.8, 4) is 57.1 Å². The van der Waals surface area contributed by atoms with Crippen LogP contribution >= 0.6 is 0 Å². The summed E-state index contributed by atoms with van der Waals surface area (Å²) >= 11 is 0. The van der Waals surface area contributed by atoms with Crippen molar-refractivity contribution in [3.63, 3.8) is 0 Å². The lowest BCUT2D eigenvalue weighted by Crippen LogP contribution is -2.12. The second-order valence-electron chi connectivity index (χ2n) is 11.5. The van der Waals surface area contributed by atoms with Crippen LogP contribution in [0.1, 0.15) is 38.8 Å². The van der Waals surface area contributed by atoms with E-state index in [2.05, 4.69) is 38.2 Å². The first kappa shape index (κ1) is 37.0. The van der Waals surface area contributed by atoms with Gasteiger partial charge in [-0.3, -0.25) is 0 Å². The lowest BCUT2D eigenvalue weighted by molar-refractivity contribution is -0.132. The summed E-state index contributed by atoms with van der Waals surface area (Å²) in [5.41, 5.74) is 3.73. The Labute approximate surface area is 295 Å². The lowest BCUT2D eigenvalue weighted by Gasteiger charge is -2.13. The highest BCUT2D eigenvalue weighted by Crippen LogP contribution is 2.35. The van der Waals surface area contributed by atoms with E-state index in [1.165, 1.54) is 52.0 Å². The molecule has 0 amide bonds. The molecule has 0 aliphatic heterocycles. The minimum Gasteiger partial charge on any atom is -0.419 e. The van der Waals surface area contributed by atoms with Crippen molar-refractivity contribution in [2.24, 2.45) is 0 Å². The molecule has 4 aromatic carbocycles. The van der Waals surface area contributed by atoms with E-state index in [4.69, 9.17) is 18.9 Å². The van der Waals surface area contributed by atoms with Crippen molar-refractivity contribution in [2.75, 3.05) is 0 Å². The van der Waals surface area contributed by atoms with Gasteiger partial charge in [-0.2, -0.15) is 0 Å². The van der Waals surface area contributed by atoms with E-state index >= 15 is 4.39 Å². The Hall–Kier alpha value is -6.79. The number of halogens is 1. The van der Waals surface area contributed by atoms with Crippen LogP contribution in [0.3, 0.4) is 0 Å². The fraction of sp³-hybridized carbons (Fsp3) is 0.0952. The number of carbonyl (C=O) groups is 4. The molecule has 0 atom stereocenters. The maximum atomic E-state index is 15.4. The van der Waals surface area contributed by atoms with Gasteiger partial charge in [0.1, 0.15) is 5.82 Å². The Morgan fingerprint density at radius 1 is 0.471 bits per heavy atom. The van der Waals surface area contributed by atoms with Crippen LogP contribution in [0, 0.1) is 17.7 Å². The van der Waals surface area contributed by atoms with Crippen molar-refractivity contribution >= 4 is 23.9 Å². The topological polar surface area (TPSA) is 105 Å². The summed E-state index contributed by atoms with van der Waals surface area (Å²) in [6.07, 6.45) is 0. The molecule has 0 aliphatic rings. The van der Waals surface area contributed by atoms with E-state index in [-0.39, 0.29) is 45.3 Å². The largest absolute Gasteiger partial charge is 0.419 e. The molecule has 0 fully saturated rings. The highest BCUT2D eigenvalue weighted by molar-refractivity contribution is 5.92. The zero-order chi connectivity index (χ0) is 37.4. The van der Waals surface area contributed by atoms with Gasteiger partial charge in [-0.15, -0.1) is 0 Å². The maximum absolute atomic E-state index is 15.4. The SMILES string of the molecule is C=C(C)C(=O)Oc1ccc(C#Cc2ccc(-c3ccc(-c4ccc(OC(=O)C(=C)C)c(OC(=O)C(=C)C)c4)cc3)c(F)c2)cc1OC(=O)C(=C)C. The Kier molecular flexibility index (Phi) is 11.7. The third kappa shape index (κ3) is 9.65. The maximum Gasteiger partial charge on any atom is 0.338 e. The number of hydrogen-bond donors (Lipinski definition) is 0. The number of esters is 4. The van der Waals surface area contributed by atoms with E-state index in [1.807, 2.05) is 0 Å². The molecule has 0 unspecified atom stereocenters. The Morgan fingerprint density at radius 3 is 1.31 bits per heavy atom. The van der Waals surface area contributed by atoms with Crippen LogP contribution in [0.2, 0.25) is 0 Å². The Balaban J connectivity index is 1.57. The van der Waals surface area contributed by atoms with Gasteiger partial charge in [-0.1, -0.05) is 74.6 Å². The molecule has 8 nitrogen and oxygen atoms in total. The second kappa shape index (κ2) is 16.1. The van der Waals surface area contributed by atoms with Crippen LogP contribution in [-0.4, -0.2) is 23.9 Å². The van der Waals surface area contributed by atoms with Gasteiger partial charge in [-0.05, 0) is 80.8 Å². The van der Waals surface area contributed by atoms with E-state index in [1.54, 1.807) is 54.6 Å². The van der Waals surface area contributed by atoms with Crippen LogP contribution < -0.4 is 18.9 Å². The summed E-state index contributed by atoms with van der Waals surface area (Å²) in [6, 6.07) is 20.8. The first-order valence-corrected chi connectivity index (χ1v) is 15.3.